The number of carbonyl (C=O) groups excluding carboxylic acids is 1. The van der Waals surface area contributed by atoms with E-state index in [0.717, 1.165) is 15.5 Å². The van der Waals surface area contributed by atoms with Crippen LogP contribution in [0.25, 0.3) is 21.1 Å². The average Bonchev–Trinajstić information content (AvgIpc) is 3.12. The third-order valence-corrected chi connectivity index (χ3v) is 6.17. The van der Waals surface area contributed by atoms with Gasteiger partial charge in [0, 0.05) is 21.0 Å². The van der Waals surface area contributed by atoms with Crippen molar-refractivity contribution in [3.63, 3.8) is 0 Å². The van der Waals surface area contributed by atoms with Crippen LogP contribution in [0.2, 0.25) is 5.02 Å². The van der Waals surface area contributed by atoms with Gasteiger partial charge in [-0.1, -0.05) is 41.9 Å². The van der Waals surface area contributed by atoms with Crippen molar-refractivity contribution in [2.24, 2.45) is 0 Å². The molecule has 0 aliphatic rings. The number of rotatable bonds is 3. The normalized spacial score (nSPS) is 12.0. The van der Waals surface area contributed by atoms with Crippen molar-refractivity contribution in [2.45, 2.75) is 26.4 Å². The molecule has 0 spiro atoms. The van der Waals surface area contributed by atoms with Crippen molar-refractivity contribution in [3.05, 3.63) is 63.7 Å². The molecule has 0 aliphatic heterocycles. The van der Waals surface area contributed by atoms with Gasteiger partial charge in [0.25, 0.3) is 5.91 Å². The Kier molecular flexibility index (Phi) is 4.26. The molecule has 6 heteroatoms. The van der Waals surface area contributed by atoms with Gasteiger partial charge < -0.3 is 14.8 Å². The van der Waals surface area contributed by atoms with Crippen LogP contribution in [0.4, 0.5) is 5.69 Å². The van der Waals surface area contributed by atoms with Gasteiger partial charge in [-0.15, -0.1) is 11.3 Å². The Morgan fingerprint density at radius 1 is 1.15 bits per heavy atom. The fourth-order valence-corrected chi connectivity index (χ4v) is 4.85. The van der Waals surface area contributed by atoms with E-state index < -0.39 is 5.60 Å². The minimum atomic E-state index is -1.05. The molecule has 2 heterocycles. The summed E-state index contributed by atoms with van der Waals surface area (Å²) in [5.74, 6) is 0.339. The smallest absolute Gasteiger partial charge is 0.267 e. The number of amides is 1. The maximum absolute atomic E-state index is 12.9. The highest BCUT2D eigenvalue weighted by atomic mass is 35.5. The molecule has 0 aliphatic carbocycles. The summed E-state index contributed by atoms with van der Waals surface area (Å²) in [5, 5.41) is 15.5. The maximum Gasteiger partial charge on any atom is 0.267 e. The molecule has 0 bridgehead atoms. The van der Waals surface area contributed by atoms with E-state index in [9.17, 15) is 9.90 Å². The second kappa shape index (κ2) is 6.37. The van der Waals surface area contributed by atoms with E-state index in [0.29, 0.717) is 32.5 Å². The van der Waals surface area contributed by atoms with Crippen molar-refractivity contribution in [1.82, 2.24) is 0 Å². The molecule has 2 N–H and O–H groups in total. The van der Waals surface area contributed by atoms with Gasteiger partial charge in [0.05, 0.1) is 16.3 Å². The fraction of sp³-hybridized carbons (Fsp3) is 0.190. The van der Waals surface area contributed by atoms with Gasteiger partial charge in [-0.3, -0.25) is 4.79 Å². The third-order valence-electron chi connectivity index (χ3n) is 4.49. The SMILES string of the molecule is Cc1oc2c(NC(=O)c3sc4ccccc4c3Cl)cccc2c1C(C)(C)O. The van der Waals surface area contributed by atoms with Crippen LogP contribution in [0.15, 0.2) is 46.9 Å². The van der Waals surface area contributed by atoms with Crippen LogP contribution in [-0.2, 0) is 5.60 Å². The first-order valence-corrected chi connectivity index (χ1v) is 9.70. The maximum atomic E-state index is 12.9. The molecule has 4 nitrogen and oxygen atoms in total. The summed E-state index contributed by atoms with van der Waals surface area (Å²) in [6, 6.07) is 13.1. The number of hydrogen-bond donors (Lipinski definition) is 2. The van der Waals surface area contributed by atoms with Gasteiger partial charge in [0.1, 0.15) is 10.6 Å². The molecule has 4 rings (SSSR count). The number of furan rings is 1. The molecule has 1 amide bonds. The lowest BCUT2D eigenvalue weighted by Crippen LogP contribution is -2.16. The van der Waals surface area contributed by atoms with Crippen molar-refractivity contribution in [1.29, 1.82) is 0 Å². The topological polar surface area (TPSA) is 62.5 Å². The quantitative estimate of drug-likeness (QED) is 0.438. The van der Waals surface area contributed by atoms with E-state index >= 15 is 0 Å². The van der Waals surface area contributed by atoms with Crippen LogP contribution in [0, 0.1) is 6.92 Å². The lowest BCUT2D eigenvalue weighted by Gasteiger charge is -2.16. The summed E-state index contributed by atoms with van der Waals surface area (Å²) in [6.07, 6.45) is 0. The molecule has 0 atom stereocenters. The summed E-state index contributed by atoms with van der Waals surface area (Å²) in [5.41, 5.74) is 0.753. The van der Waals surface area contributed by atoms with E-state index in [2.05, 4.69) is 5.32 Å². The van der Waals surface area contributed by atoms with E-state index in [1.165, 1.54) is 11.3 Å². The van der Waals surface area contributed by atoms with Gasteiger partial charge in [0.2, 0.25) is 0 Å². The van der Waals surface area contributed by atoms with E-state index in [-0.39, 0.29) is 5.91 Å². The first-order chi connectivity index (χ1) is 12.8. The minimum absolute atomic E-state index is 0.285. The number of carbonyl (C=O) groups is 1. The van der Waals surface area contributed by atoms with Crippen LogP contribution in [0.3, 0.4) is 0 Å². The summed E-state index contributed by atoms with van der Waals surface area (Å²) in [7, 11) is 0. The third kappa shape index (κ3) is 3.02. The molecule has 0 saturated carbocycles. The summed E-state index contributed by atoms with van der Waals surface area (Å²) >= 11 is 7.77. The van der Waals surface area contributed by atoms with Crippen molar-refractivity contribution in [2.75, 3.05) is 5.32 Å². The lowest BCUT2D eigenvalue weighted by atomic mass is 9.95. The minimum Gasteiger partial charge on any atom is -0.459 e. The molecule has 2 aromatic heterocycles. The molecule has 0 unspecified atom stereocenters. The zero-order valence-corrected chi connectivity index (χ0v) is 16.7. The van der Waals surface area contributed by atoms with Crippen LogP contribution in [-0.4, -0.2) is 11.0 Å². The molecular formula is C21H18ClNO3S. The zero-order chi connectivity index (χ0) is 19.3. The van der Waals surface area contributed by atoms with Crippen molar-refractivity contribution >= 4 is 55.6 Å². The number of thiophene rings is 1. The lowest BCUT2D eigenvalue weighted by molar-refractivity contribution is 0.0783. The number of hydrogen-bond acceptors (Lipinski definition) is 4. The Morgan fingerprint density at radius 2 is 1.85 bits per heavy atom. The molecular weight excluding hydrogens is 382 g/mol. The number of para-hydroxylation sites is 1. The number of halogens is 1. The Morgan fingerprint density at radius 3 is 2.56 bits per heavy atom. The second-order valence-electron chi connectivity index (χ2n) is 6.97. The predicted molar refractivity (Wildman–Crippen MR) is 111 cm³/mol. The number of benzene rings is 2. The van der Waals surface area contributed by atoms with Crippen LogP contribution < -0.4 is 5.32 Å². The largest absolute Gasteiger partial charge is 0.459 e. The number of anilines is 1. The second-order valence-corrected chi connectivity index (χ2v) is 8.40. The Balaban J connectivity index is 1.77. The summed E-state index contributed by atoms with van der Waals surface area (Å²) in [4.78, 5) is 13.3. The molecule has 138 valence electrons. The highest BCUT2D eigenvalue weighted by molar-refractivity contribution is 7.21. The molecule has 0 fully saturated rings. The molecule has 2 aromatic carbocycles. The molecule has 0 radical (unpaired) electrons. The predicted octanol–water partition coefficient (Wildman–Crippen LogP) is 6.09. The number of fused-ring (bicyclic) bond motifs is 2. The van der Waals surface area contributed by atoms with Crippen LogP contribution in [0.5, 0.6) is 0 Å². The van der Waals surface area contributed by atoms with Gasteiger partial charge in [-0.05, 0) is 32.9 Å². The molecule has 27 heavy (non-hydrogen) atoms. The Bertz CT molecular complexity index is 1180. The van der Waals surface area contributed by atoms with Crippen molar-refractivity contribution < 1.29 is 14.3 Å². The monoisotopic (exact) mass is 399 g/mol. The summed E-state index contributed by atoms with van der Waals surface area (Å²) in [6.45, 7) is 5.24. The van der Waals surface area contributed by atoms with Crippen molar-refractivity contribution in [3.8, 4) is 0 Å². The van der Waals surface area contributed by atoms with Gasteiger partial charge in [-0.2, -0.15) is 0 Å². The van der Waals surface area contributed by atoms with E-state index in [4.69, 9.17) is 16.0 Å². The zero-order valence-electron chi connectivity index (χ0n) is 15.1. The first kappa shape index (κ1) is 18.0. The number of aryl methyl sites for hydroxylation is 1. The molecule has 4 aromatic rings. The van der Waals surface area contributed by atoms with Gasteiger partial charge in [-0.25, -0.2) is 0 Å². The standard InChI is InChI=1S/C21H18ClNO3S/c1-11-16(21(2,3)25)13-8-6-9-14(18(13)26-11)23-20(24)19-17(22)12-7-4-5-10-15(12)27-19/h4-10,25H,1-3H3,(H,23,24). The van der Waals surface area contributed by atoms with Crippen LogP contribution >= 0.6 is 22.9 Å². The highest BCUT2D eigenvalue weighted by Crippen LogP contribution is 2.39. The highest BCUT2D eigenvalue weighted by Gasteiger charge is 2.26. The van der Waals surface area contributed by atoms with E-state index in [1.807, 2.05) is 43.3 Å². The average molecular weight is 400 g/mol. The summed E-state index contributed by atoms with van der Waals surface area (Å²) < 4.78 is 6.84. The Labute approximate surface area is 165 Å². The van der Waals surface area contributed by atoms with E-state index in [1.54, 1.807) is 19.9 Å². The van der Waals surface area contributed by atoms with Gasteiger partial charge in [0.15, 0.2) is 5.58 Å². The first-order valence-electron chi connectivity index (χ1n) is 8.50. The number of aliphatic hydroxyl groups is 1. The van der Waals surface area contributed by atoms with Crippen LogP contribution in [0.1, 0.15) is 34.8 Å². The number of nitrogens with one attached hydrogen (secondary N) is 1. The Hall–Kier alpha value is -2.34. The van der Waals surface area contributed by atoms with Gasteiger partial charge >= 0.3 is 0 Å². The molecule has 0 saturated heterocycles. The fourth-order valence-electron chi connectivity index (χ4n) is 3.44.